The zero-order valence-corrected chi connectivity index (χ0v) is 9.94. The Morgan fingerprint density at radius 1 is 1.05 bits per heavy atom. The molecule has 3 aromatic heterocycles. The Morgan fingerprint density at radius 3 is 2.35 bits per heavy atom. The fraction of sp³-hybridized carbons (Fsp3) is 0. The SMILES string of the molecule is C=Cc1nc(-c2nc(-c3nc(C(=O)O)co3)co2)co1. The summed E-state index contributed by atoms with van der Waals surface area (Å²) in [4.78, 5) is 22.6. The molecule has 0 saturated carbocycles. The van der Waals surface area contributed by atoms with Crippen molar-refractivity contribution in [1.29, 1.82) is 0 Å². The molecule has 0 fully saturated rings. The maximum absolute atomic E-state index is 10.7. The first-order chi connectivity index (χ1) is 9.67. The van der Waals surface area contributed by atoms with Crippen LogP contribution in [0.5, 0.6) is 0 Å². The van der Waals surface area contributed by atoms with Gasteiger partial charge in [0.05, 0.1) is 0 Å². The summed E-state index contributed by atoms with van der Waals surface area (Å²) in [6.07, 6.45) is 5.12. The summed E-state index contributed by atoms with van der Waals surface area (Å²) in [6.45, 7) is 3.52. The van der Waals surface area contributed by atoms with Crippen molar-refractivity contribution in [2.75, 3.05) is 0 Å². The number of aromatic nitrogens is 3. The van der Waals surface area contributed by atoms with Gasteiger partial charge < -0.3 is 18.4 Å². The highest BCUT2D eigenvalue weighted by Gasteiger charge is 2.17. The lowest BCUT2D eigenvalue weighted by molar-refractivity contribution is 0.0690. The zero-order valence-electron chi connectivity index (χ0n) is 9.94. The predicted molar refractivity (Wildman–Crippen MR) is 64.5 cm³/mol. The predicted octanol–water partition coefficient (Wildman–Crippen LogP) is 2.33. The molecule has 8 heteroatoms. The van der Waals surface area contributed by atoms with Crippen molar-refractivity contribution in [3.05, 3.63) is 37.0 Å². The summed E-state index contributed by atoms with van der Waals surface area (Å²) in [6, 6.07) is 0. The van der Waals surface area contributed by atoms with Gasteiger partial charge in [0, 0.05) is 0 Å². The second-order valence-corrected chi connectivity index (χ2v) is 3.66. The lowest BCUT2D eigenvalue weighted by Crippen LogP contribution is -1.95. The average molecular weight is 273 g/mol. The van der Waals surface area contributed by atoms with Gasteiger partial charge in [0.2, 0.25) is 17.7 Å². The van der Waals surface area contributed by atoms with Crippen molar-refractivity contribution < 1.29 is 23.2 Å². The molecule has 0 amide bonds. The normalized spacial score (nSPS) is 10.6. The topological polar surface area (TPSA) is 115 Å². The fourth-order valence-corrected chi connectivity index (χ4v) is 1.46. The second kappa shape index (κ2) is 4.50. The first-order valence-corrected chi connectivity index (χ1v) is 5.40. The number of carboxylic acid groups (broad SMARTS) is 1. The second-order valence-electron chi connectivity index (χ2n) is 3.66. The third-order valence-electron chi connectivity index (χ3n) is 2.36. The van der Waals surface area contributed by atoms with Gasteiger partial charge in [-0.25, -0.2) is 19.7 Å². The molecule has 3 heterocycles. The number of hydrogen-bond acceptors (Lipinski definition) is 7. The molecule has 0 radical (unpaired) electrons. The third kappa shape index (κ3) is 1.99. The van der Waals surface area contributed by atoms with Gasteiger partial charge in [0.1, 0.15) is 18.8 Å². The highest BCUT2D eigenvalue weighted by molar-refractivity contribution is 5.85. The van der Waals surface area contributed by atoms with E-state index in [1.54, 1.807) is 0 Å². The minimum atomic E-state index is -1.18. The monoisotopic (exact) mass is 273 g/mol. The van der Waals surface area contributed by atoms with Crippen LogP contribution in [-0.4, -0.2) is 26.0 Å². The van der Waals surface area contributed by atoms with Gasteiger partial charge in [-0.1, -0.05) is 6.58 Å². The molecule has 0 aliphatic rings. The van der Waals surface area contributed by atoms with Gasteiger partial charge in [-0.05, 0) is 6.08 Å². The number of carboxylic acids is 1. The largest absolute Gasteiger partial charge is 0.476 e. The van der Waals surface area contributed by atoms with Crippen molar-refractivity contribution >= 4 is 12.0 Å². The summed E-state index contributed by atoms with van der Waals surface area (Å²) in [7, 11) is 0. The van der Waals surface area contributed by atoms with Crippen LogP contribution in [0.15, 0.2) is 38.6 Å². The van der Waals surface area contributed by atoms with E-state index in [0.717, 1.165) is 6.26 Å². The number of hydrogen-bond donors (Lipinski definition) is 1. The maximum Gasteiger partial charge on any atom is 0.357 e. The molecular weight excluding hydrogens is 266 g/mol. The molecule has 0 aromatic carbocycles. The van der Waals surface area contributed by atoms with Crippen LogP contribution in [0.1, 0.15) is 16.4 Å². The standard InChI is InChI=1S/C12H7N3O5/c1-2-9-13-6(3-18-9)10-14-7(4-19-10)11-15-8(5-20-11)12(16)17/h2-5H,1H2,(H,16,17). The lowest BCUT2D eigenvalue weighted by Gasteiger charge is -1.84. The Morgan fingerprint density at radius 2 is 1.70 bits per heavy atom. The molecule has 20 heavy (non-hydrogen) atoms. The van der Waals surface area contributed by atoms with E-state index in [4.69, 9.17) is 18.4 Å². The smallest absolute Gasteiger partial charge is 0.357 e. The molecule has 0 aliphatic carbocycles. The summed E-state index contributed by atoms with van der Waals surface area (Å²) >= 11 is 0. The van der Waals surface area contributed by atoms with E-state index in [9.17, 15) is 4.79 Å². The minimum Gasteiger partial charge on any atom is -0.476 e. The van der Waals surface area contributed by atoms with E-state index in [1.807, 2.05) is 0 Å². The third-order valence-corrected chi connectivity index (χ3v) is 2.36. The molecule has 3 aromatic rings. The average Bonchev–Trinajstić information content (AvgIpc) is 3.17. The Balaban J connectivity index is 1.92. The van der Waals surface area contributed by atoms with Crippen LogP contribution in [-0.2, 0) is 0 Å². The molecule has 1 N–H and O–H groups in total. The first kappa shape index (κ1) is 11.9. The number of oxazole rings is 3. The van der Waals surface area contributed by atoms with Crippen molar-refractivity contribution in [2.24, 2.45) is 0 Å². The van der Waals surface area contributed by atoms with Crippen LogP contribution in [0, 0.1) is 0 Å². The van der Waals surface area contributed by atoms with Gasteiger partial charge in [-0.2, -0.15) is 0 Å². The van der Waals surface area contributed by atoms with E-state index in [-0.39, 0.29) is 23.2 Å². The molecule has 0 unspecified atom stereocenters. The summed E-state index contributed by atoms with van der Waals surface area (Å²) in [5.41, 5.74) is 0.437. The Kier molecular flexibility index (Phi) is 2.68. The molecular formula is C12H7N3O5. The summed E-state index contributed by atoms with van der Waals surface area (Å²) in [5, 5.41) is 8.76. The van der Waals surface area contributed by atoms with E-state index < -0.39 is 5.97 Å². The first-order valence-electron chi connectivity index (χ1n) is 5.40. The van der Waals surface area contributed by atoms with Crippen molar-refractivity contribution in [1.82, 2.24) is 15.0 Å². The quantitative estimate of drug-likeness (QED) is 0.769. The van der Waals surface area contributed by atoms with Crippen LogP contribution >= 0.6 is 0 Å². The zero-order chi connectivity index (χ0) is 14.1. The van der Waals surface area contributed by atoms with E-state index in [1.165, 1.54) is 18.6 Å². The Bertz CT molecular complexity index is 782. The molecule has 3 rings (SSSR count). The van der Waals surface area contributed by atoms with Crippen molar-refractivity contribution in [3.8, 4) is 23.2 Å². The molecule has 0 aliphatic heterocycles. The van der Waals surface area contributed by atoms with Crippen LogP contribution < -0.4 is 0 Å². The molecule has 0 spiro atoms. The number of rotatable bonds is 4. The molecule has 0 atom stereocenters. The minimum absolute atomic E-state index is 0.0461. The van der Waals surface area contributed by atoms with Crippen LogP contribution in [0.4, 0.5) is 0 Å². The van der Waals surface area contributed by atoms with E-state index in [0.29, 0.717) is 11.6 Å². The van der Waals surface area contributed by atoms with Crippen LogP contribution in [0.3, 0.4) is 0 Å². The van der Waals surface area contributed by atoms with E-state index >= 15 is 0 Å². The number of aromatic carboxylic acids is 1. The maximum atomic E-state index is 10.7. The highest BCUT2D eigenvalue weighted by Crippen LogP contribution is 2.24. The summed E-state index contributed by atoms with van der Waals surface area (Å²) < 4.78 is 15.3. The molecule has 0 saturated heterocycles. The number of nitrogens with zero attached hydrogens (tertiary/aromatic N) is 3. The van der Waals surface area contributed by atoms with E-state index in [2.05, 4.69) is 21.5 Å². The molecule has 0 bridgehead atoms. The van der Waals surface area contributed by atoms with Crippen molar-refractivity contribution in [3.63, 3.8) is 0 Å². The Labute approximate surface area is 111 Å². The van der Waals surface area contributed by atoms with Crippen LogP contribution in [0.25, 0.3) is 29.2 Å². The van der Waals surface area contributed by atoms with Gasteiger partial charge in [-0.15, -0.1) is 0 Å². The van der Waals surface area contributed by atoms with Crippen LogP contribution in [0.2, 0.25) is 0 Å². The van der Waals surface area contributed by atoms with Gasteiger partial charge in [0.25, 0.3) is 0 Å². The Hall–Kier alpha value is -3.16. The lowest BCUT2D eigenvalue weighted by atomic mass is 10.4. The van der Waals surface area contributed by atoms with Gasteiger partial charge in [-0.3, -0.25) is 0 Å². The fourth-order valence-electron chi connectivity index (χ4n) is 1.46. The highest BCUT2D eigenvalue weighted by atomic mass is 16.4. The summed E-state index contributed by atoms with van der Waals surface area (Å²) in [5.74, 6) is -0.600. The van der Waals surface area contributed by atoms with Gasteiger partial charge in [0.15, 0.2) is 17.1 Å². The molecule has 100 valence electrons. The molecule has 8 nitrogen and oxygen atoms in total. The van der Waals surface area contributed by atoms with Gasteiger partial charge >= 0.3 is 5.97 Å². The van der Waals surface area contributed by atoms with Crippen molar-refractivity contribution in [2.45, 2.75) is 0 Å². The number of carbonyl (C=O) groups is 1.